The van der Waals surface area contributed by atoms with Gasteiger partial charge in [0.1, 0.15) is 11.6 Å². The van der Waals surface area contributed by atoms with Crippen molar-refractivity contribution >= 4 is 23.4 Å². The van der Waals surface area contributed by atoms with Gasteiger partial charge >= 0.3 is 0 Å². The summed E-state index contributed by atoms with van der Waals surface area (Å²) in [5.41, 5.74) is 2.54. The number of nitrogens with one attached hydrogen (secondary N) is 2. The first-order valence-electron chi connectivity index (χ1n) is 5.85. The van der Waals surface area contributed by atoms with Gasteiger partial charge in [0.15, 0.2) is 5.16 Å². The van der Waals surface area contributed by atoms with Gasteiger partial charge in [0.2, 0.25) is 0 Å². The van der Waals surface area contributed by atoms with E-state index in [4.69, 9.17) is 5.84 Å². The van der Waals surface area contributed by atoms with Crippen LogP contribution in [0.4, 0.5) is 11.6 Å². The Morgan fingerprint density at radius 3 is 2.84 bits per heavy atom. The molecule has 0 aromatic carbocycles. The summed E-state index contributed by atoms with van der Waals surface area (Å²) < 4.78 is 1.87. The SMILES string of the molecule is CSc1nc(NN)cc(NC(C)Cn2cccn2)n1. The van der Waals surface area contributed by atoms with E-state index in [1.54, 1.807) is 12.3 Å². The monoisotopic (exact) mass is 279 g/mol. The molecule has 0 saturated carbocycles. The van der Waals surface area contributed by atoms with Crippen molar-refractivity contribution < 1.29 is 0 Å². The molecule has 0 aliphatic carbocycles. The van der Waals surface area contributed by atoms with Crippen LogP contribution in [0.15, 0.2) is 29.7 Å². The molecular formula is C11H17N7S. The van der Waals surface area contributed by atoms with Gasteiger partial charge in [0, 0.05) is 24.5 Å². The van der Waals surface area contributed by atoms with Gasteiger partial charge in [-0.2, -0.15) is 5.10 Å². The Morgan fingerprint density at radius 1 is 1.42 bits per heavy atom. The zero-order valence-electron chi connectivity index (χ0n) is 10.9. The number of thioether (sulfide) groups is 1. The first kappa shape index (κ1) is 13.6. The van der Waals surface area contributed by atoms with Crippen LogP contribution in [0, 0.1) is 0 Å². The highest BCUT2D eigenvalue weighted by Crippen LogP contribution is 2.17. The van der Waals surface area contributed by atoms with E-state index in [1.807, 2.05) is 23.2 Å². The lowest BCUT2D eigenvalue weighted by molar-refractivity contribution is 0.559. The average molecular weight is 279 g/mol. The molecular weight excluding hydrogens is 262 g/mol. The number of rotatable bonds is 6. The predicted molar refractivity (Wildman–Crippen MR) is 76.9 cm³/mol. The molecule has 0 aliphatic rings. The summed E-state index contributed by atoms with van der Waals surface area (Å²) in [5, 5.41) is 8.15. The number of hydrazine groups is 1. The van der Waals surface area contributed by atoms with Gasteiger partial charge in [0.05, 0.1) is 6.54 Å². The van der Waals surface area contributed by atoms with E-state index in [1.165, 1.54) is 11.8 Å². The van der Waals surface area contributed by atoms with Gasteiger partial charge in [-0.3, -0.25) is 4.68 Å². The third kappa shape index (κ3) is 3.83. The number of nitrogen functional groups attached to an aromatic ring is 1. The smallest absolute Gasteiger partial charge is 0.191 e. The Bertz CT molecular complexity index is 492. The lowest BCUT2D eigenvalue weighted by Gasteiger charge is -2.15. The maximum absolute atomic E-state index is 5.39. The van der Waals surface area contributed by atoms with Crippen LogP contribution in [-0.4, -0.2) is 32.0 Å². The molecule has 0 bridgehead atoms. The Labute approximate surface area is 116 Å². The van der Waals surface area contributed by atoms with Gasteiger partial charge in [0.25, 0.3) is 0 Å². The van der Waals surface area contributed by atoms with E-state index in [0.29, 0.717) is 11.0 Å². The van der Waals surface area contributed by atoms with E-state index < -0.39 is 0 Å². The zero-order chi connectivity index (χ0) is 13.7. The summed E-state index contributed by atoms with van der Waals surface area (Å²) in [6.45, 7) is 2.83. The van der Waals surface area contributed by atoms with Crippen molar-refractivity contribution in [2.75, 3.05) is 17.0 Å². The van der Waals surface area contributed by atoms with E-state index in [0.717, 1.165) is 12.4 Å². The van der Waals surface area contributed by atoms with Crippen LogP contribution in [0.5, 0.6) is 0 Å². The summed E-state index contributed by atoms with van der Waals surface area (Å²) in [7, 11) is 0. The van der Waals surface area contributed by atoms with Crippen LogP contribution < -0.4 is 16.6 Å². The van der Waals surface area contributed by atoms with Crippen molar-refractivity contribution in [1.82, 2.24) is 19.7 Å². The molecule has 1 atom stereocenters. The fraction of sp³-hybridized carbons (Fsp3) is 0.364. The van der Waals surface area contributed by atoms with Crippen molar-refractivity contribution in [3.05, 3.63) is 24.5 Å². The molecule has 0 spiro atoms. The fourth-order valence-electron chi connectivity index (χ4n) is 1.65. The van der Waals surface area contributed by atoms with Crippen LogP contribution in [0.3, 0.4) is 0 Å². The van der Waals surface area contributed by atoms with Gasteiger partial charge in [-0.15, -0.1) is 0 Å². The topological polar surface area (TPSA) is 93.7 Å². The predicted octanol–water partition coefficient (Wildman–Crippen LogP) is 1.18. The minimum atomic E-state index is 0.190. The minimum Gasteiger partial charge on any atom is -0.366 e. The second-order valence-corrected chi connectivity index (χ2v) is 4.82. The maximum Gasteiger partial charge on any atom is 0.191 e. The molecule has 0 amide bonds. The maximum atomic E-state index is 5.39. The van der Waals surface area contributed by atoms with Crippen molar-refractivity contribution in [2.24, 2.45) is 5.84 Å². The van der Waals surface area contributed by atoms with Gasteiger partial charge in [-0.05, 0) is 19.2 Å². The van der Waals surface area contributed by atoms with Crippen LogP contribution in [0.2, 0.25) is 0 Å². The molecule has 2 aromatic heterocycles. The van der Waals surface area contributed by atoms with Gasteiger partial charge in [-0.25, -0.2) is 15.8 Å². The van der Waals surface area contributed by atoms with E-state index in [2.05, 4.69) is 32.7 Å². The number of anilines is 2. The number of hydrogen-bond donors (Lipinski definition) is 3. The van der Waals surface area contributed by atoms with Crippen LogP contribution in [-0.2, 0) is 6.54 Å². The summed E-state index contributed by atoms with van der Waals surface area (Å²) in [6, 6.07) is 3.87. The first-order valence-corrected chi connectivity index (χ1v) is 7.07. The molecule has 0 aliphatic heterocycles. The molecule has 2 rings (SSSR count). The van der Waals surface area contributed by atoms with Crippen LogP contribution >= 0.6 is 11.8 Å². The van der Waals surface area contributed by atoms with Crippen LogP contribution in [0.1, 0.15) is 6.92 Å². The minimum absolute atomic E-state index is 0.190. The Kier molecular flexibility index (Phi) is 4.58. The molecule has 7 nitrogen and oxygen atoms in total. The molecule has 102 valence electrons. The van der Waals surface area contributed by atoms with Crippen molar-refractivity contribution in [2.45, 2.75) is 24.7 Å². The second kappa shape index (κ2) is 6.39. The Hall–Kier alpha value is -1.80. The normalized spacial score (nSPS) is 12.2. The molecule has 19 heavy (non-hydrogen) atoms. The fourth-order valence-corrected chi connectivity index (χ4v) is 2.03. The highest BCUT2D eigenvalue weighted by atomic mass is 32.2. The third-order valence-electron chi connectivity index (χ3n) is 2.45. The summed E-state index contributed by atoms with van der Waals surface area (Å²) in [6.07, 6.45) is 5.62. The number of aromatic nitrogens is 4. The van der Waals surface area contributed by atoms with Gasteiger partial charge in [-0.1, -0.05) is 11.8 Å². The molecule has 2 heterocycles. The third-order valence-corrected chi connectivity index (χ3v) is 3.00. The summed E-state index contributed by atoms with van der Waals surface area (Å²) in [5.74, 6) is 6.72. The summed E-state index contributed by atoms with van der Waals surface area (Å²) in [4.78, 5) is 8.60. The van der Waals surface area contributed by atoms with Gasteiger partial charge < -0.3 is 10.7 Å². The Morgan fingerprint density at radius 2 is 2.21 bits per heavy atom. The second-order valence-electron chi connectivity index (χ2n) is 4.04. The number of nitrogens with zero attached hydrogens (tertiary/aromatic N) is 4. The standard InChI is InChI=1S/C11H17N7S/c1-8(7-18-5-3-4-13-18)14-9-6-10(17-12)16-11(15-9)19-2/h3-6,8H,7,12H2,1-2H3,(H2,14,15,16,17). The highest BCUT2D eigenvalue weighted by Gasteiger charge is 2.07. The quantitative estimate of drug-likeness (QED) is 0.316. The number of hydrogen-bond acceptors (Lipinski definition) is 7. The molecule has 4 N–H and O–H groups in total. The average Bonchev–Trinajstić information content (AvgIpc) is 2.90. The molecule has 2 aromatic rings. The van der Waals surface area contributed by atoms with Crippen molar-refractivity contribution in [3.63, 3.8) is 0 Å². The van der Waals surface area contributed by atoms with E-state index >= 15 is 0 Å². The number of nitrogens with two attached hydrogens (primary N) is 1. The lowest BCUT2D eigenvalue weighted by Crippen LogP contribution is -2.23. The Balaban J connectivity index is 2.05. The van der Waals surface area contributed by atoms with Crippen LogP contribution in [0.25, 0.3) is 0 Å². The first-order chi connectivity index (χ1) is 9.21. The summed E-state index contributed by atoms with van der Waals surface area (Å²) >= 11 is 1.47. The molecule has 0 fully saturated rings. The molecule has 8 heteroatoms. The largest absolute Gasteiger partial charge is 0.366 e. The van der Waals surface area contributed by atoms with E-state index in [9.17, 15) is 0 Å². The molecule has 0 radical (unpaired) electrons. The zero-order valence-corrected chi connectivity index (χ0v) is 11.7. The highest BCUT2D eigenvalue weighted by molar-refractivity contribution is 7.98. The molecule has 0 saturated heterocycles. The lowest BCUT2D eigenvalue weighted by atomic mass is 10.3. The van der Waals surface area contributed by atoms with Crippen molar-refractivity contribution in [3.8, 4) is 0 Å². The van der Waals surface area contributed by atoms with Crippen molar-refractivity contribution in [1.29, 1.82) is 0 Å². The molecule has 1 unspecified atom stereocenters. The van der Waals surface area contributed by atoms with E-state index in [-0.39, 0.29) is 6.04 Å².